The molecule has 0 radical (unpaired) electrons. The Hall–Kier alpha value is -1.48. The molecule has 1 aromatic heterocycles. The predicted octanol–water partition coefficient (Wildman–Crippen LogP) is 2.34. The summed E-state index contributed by atoms with van der Waals surface area (Å²) in [6, 6.07) is 7.10. The van der Waals surface area contributed by atoms with Gasteiger partial charge >= 0.3 is 5.97 Å². The van der Waals surface area contributed by atoms with Crippen molar-refractivity contribution in [2.75, 3.05) is 0 Å². The van der Waals surface area contributed by atoms with E-state index in [1.54, 1.807) is 18.2 Å². The van der Waals surface area contributed by atoms with Gasteiger partial charge in [0, 0.05) is 23.4 Å². The van der Waals surface area contributed by atoms with Gasteiger partial charge in [-0.05, 0) is 6.07 Å². The first-order valence-electron chi connectivity index (χ1n) is 3.69. The molecule has 1 aromatic carbocycles. The number of carbonyl (C=O) groups is 1. The number of hydrogen-bond donors (Lipinski definition) is 1. The number of benzene rings is 1. The highest BCUT2D eigenvalue weighted by Crippen LogP contribution is 2.21. The molecule has 1 heterocycles. The highest BCUT2D eigenvalue weighted by molar-refractivity contribution is 6.21. The number of aromatic nitrogens is 1. The molecular formula is C9H6ClNO2. The quantitative estimate of drug-likeness (QED) is 0.759. The molecule has 3 nitrogen and oxygen atoms in total. The largest absolute Gasteiger partial charge is 0.478 e. The smallest absolute Gasteiger partial charge is 0.337 e. The number of aromatic carboxylic acids is 1. The van der Waals surface area contributed by atoms with E-state index in [2.05, 4.69) is 0 Å². The molecule has 0 spiro atoms. The second-order valence-electron chi connectivity index (χ2n) is 2.68. The molecule has 66 valence electrons. The van der Waals surface area contributed by atoms with Crippen LogP contribution < -0.4 is 0 Å². The van der Waals surface area contributed by atoms with Crippen LogP contribution in [0, 0.1) is 0 Å². The molecule has 0 aliphatic carbocycles. The molecular weight excluding hydrogens is 190 g/mol. The van der Waals surface area contributed by atoms with Crippen molar-refractivity contribution in [1.29, 1.82) is 0 Å². The summed E-state index contributed by atoms with van der Waals surface area (Å²) in [5, 5.41) is 9.48. The number of nitrogens with zero attached hydrogens (tertiary/aromatic N) is 1. The summed E-state index contributed by atoms with van der Waals surface area (Å²) in [5.41, 5.74) is 0.937. The van der Waals surface area contributed by atoms with E-state index < -0.39 is 5.97 Å². The summed E-state index contributed by atoms with van der Waals surface area (Å²) in [6.07, 6.45) is 1.40. The van der Waals surface area contributed by atoms with Crippen molar-refractivity contribution in [3.63, 3.8) is 0 Å². The Balaban J connectivity index is 2.85. The van der Waals surface area contributed by atoms with Crippen molar-refractivity contribution < 1.29 is 9.90 Å². The number of rotatable bonds is 1. The van der Waals surface area contributed by atoms with Crippen LogP contribution in [-0.2, 0) is 0 Å². The minimum atomic E-state index is -0.962. The highest BCUT2D eigenvalue weighted by Gasteiger charge is 2.11. The van der Waals surface area contributed by atoms with Gasteiger partial charge in [-0.1, -0.05) is 18.2 Å². The van der Waals surface area contributed by atoms with Crippen LogP contribution in [0.25, 0.3) is 10.9 Å². The zero-order chi connectivity index (χ0) is 9.42. The van der Waals surface area contributed by atoms with Crippen LogP contribution in [-0.4, -0.2) is 15.2 Å². The van der Waals surface area contributed by atoms with E-state index in [1.807, 2.05) is 6.07 Å². The number of fused-ring (bicyclic) bond motifs is 1. The maximum absolute atomic E-state index is 10.8. The third-order valence-electron chi connectivity index (χ3n) is 1.90. The normalized spacial score (nSPS) is 10.5. The summed E-state index contributed by atoms with van der Waals surface area (Å²) >= 11 is 5.78. The molecule has 0 aliphatic heterocycles. The number of carboxylic acid groups (broad SMARTS) is 1. The lowest BCUT2D eigenvalue weighted by Crippen LogP contribution is -1.93. The topological polar surface area (TPSA) is 42.2 Å². The van der Waals surface area contributed by atoms with Gasteiger partial charge in [-0.3, -0.25) is 4.09 Å². The zero-order valence-electron chi connectivity index (χ0n) is 6.57. The van der Waals surface area contributed by atoms with Crippen molar-refractivity contribution in [3.05, 3.63) is 36.0 Å². The average molecular weight is 196 g/mol. The van der Waals surface area contributed by atoms with Crippen LogP contribution in [0.2, 0.25) is 0 Å². The van der Waals surface area contributed by atoms with E-state index in [-0.39, 0.29) is 5.56 Å². The van der Waals surface area contributed by atoms with Crippen molar-refractivity contribution in [2.45, 2.75) is 0 Å². The van der Waals surface area contributed by atoms with Crippen molar-refractivity contribution in [3.8, 4) is 0 Å². The fraction of sp³-hybridized carbons (Fsp3) is 0. The van der Waals surface area contributed by atoms with Crippen LogP contribution in [0.4, 0.5) is 0 Å². The zero-order valence-corrected chi connectivity index (χ0v) is 7.32. The number of carboxylic acids is 1. The SMILES string of the molecule is O=C(O)c1cn(Cl)c2ccccc12. The molecule has 1 N–H and O–H groups in total. The third kappa shape index (κ3) is 1.17. The molecule has 0 saturated heterocycles. The highest BCUT2D eigenvalue weighted by atomic mass is 35.5. The van der Waals surface area contributed by atoms with Crippen LogP contribution >= 0.6 is 11.8 Å². The van der Waals surface area contributed by atoms with E-state index in [4.69, 9.17) is 16.9 Å². The van der Waals surface area contributed by atoms with E-state index in [9.17, 15) is 4.79 Å². The van der Waals surface area contributed by atoms with Crippen molar-refractivity contribution >= 4 is 28.6 Å². The molecule has 13 heavy (non-hydrogen) atoms. The number of halogens is 1. The maximum Gasteiger partial charge on any atom is 0.337 e. The van der Waals surface area contributed by atoms with E-state index in [0.29, 0.717) is 10.9 Å². The summed E-state index contributed by atoms with van der Waals surface area (Å²) in [4.78, 5) is 10.8. The predicted molar refractivity (Wildman–Crippen MR) is 50.1 cm³/mol. The van der Waals surface area contributed by atoms with Gasteiger partial charge in [0.2, 0.25) is 0 Å². The summed E-state index contributed by atoms with van der Waals surface area (Å²) < 4.78 is 1.29. The molecule has 0 bridgehead atoms. The molecule has 0 amide bonds. The van der Waals surface area contributed by atoms with Crippen molar-refractivity contribution in [1.82, 2.24) is 4.09 Å². The van der Waals surface area contributed by atoms with Gasteiger partial charge in [0.1, 0.15) is 0 Å². The summed E-state index contributed by atoms with van der Waals surface area (Å²) in [5.74, 6) is -0.962. The number of hydrogen-bond acceptors (Lipinski definition) is 1. The second kappa shape index (κ2) is 2.78. The molecule has 0 fully saturated rings. The lowest BCUT2D eigenvalue weighted by molar-refractivity contribution is 0.0699. The average Bonchev–Trinajstić information content (AvgIpc) is 2.45. The molecule has 0 saturated carbocycles. The Morgan fingerprint density at radius 2 is 2.08 bits per heavy atom. The van der Waals surface area contributed by atoms with Crippen LogP contribution in [0.5, 0.6) is 0 Å². The first-order chi connectivity index (χ1) is 6.20. The first-order valence-corrected chi connectivity index (χ1v) is 4.03. The van der Waals surface area contributed by atoms with Gasteiger partial charge in [-0.2, -0.15) is 0 Å². The lowest BCUT2D eigenvalue weighted by atomic mass is 10.2. The fourth-order valence-corrected chi connectivity index (χ4v) is 1.56. The Morgan fingerprint density at radius 3 is 2.77 bits per heavy atom. The van der Waals surface area contributed by atoms with Gasteiger partial charge in [-0.15, -0.1) is 0 Å². The molecule has 2 rings (SSSR count). The minimum Gasteiger partial charge on any atom is -0.478 e. The van der Waals surface area contributed by atoms with Gasteiger partial charge in [0.05, 0.1) is 11.1 Å². The van der Waals surface area contributed by atoms with Gasteiger partial charge in [-0.25, -0.2) is 4.79 Å². The molecule has 0 unspecified atom stereocenters. The van der Waals surface area contributed by atoms with Crippen LogP contribution in [0.15, 0.2) is 30.5 Å². The van der Waals surface area contributed by atoms with E-state index >= 15 is 0 Å². The molecule has 2 aromatic rings. The molecule has 0 atom stereocenters. The van der Waals surface area contributed by atoms with E-state index in [1.165, 1.54) is 10.3 Å². The second-order valence-corrected chi connectivity index (χ2v) is 3.04. The fourth-order valence-electron chi connectivity index (χ4n) is 1.31. The summed E-state index contributed by atoms with van der Waals surface area (Å²) in [7, 11) is 0. The van der Waals surface area contributed by atoms with Crippen molar-refractivity contribution in [2.24, 2.45) is 0 Å². The first kappa shape index (κ1) is 8.13. The van der Waals surface area contributed by atoms with Crippen LogP contribution in [0.1, 0.15) is 10.4 Å². The van der Waals surface area contributed by atoms with Gasteiger partial charge in [0.15, 0.2) is 0 Å². The van der Waals surface area contributed by atoms with Gasteiger partial charge < -0.3 is 5.11 Å². The molecule has 0 aliphatic rings. The van der Waals surface area contributed by atoms with E-state index in [0.717, 1.165) is 0 Å². The Bertz CT molecular complexity index is 475. The Labute approximate surface area is 79.3 Å². The maximum atomic E-state index is 10.8. The summed E-state index contributed by atoms with van der Waals surface area (Å²) in [6.45, 7) is 0. The molecule has 4 heteroatoms. The Kier molecular flexibility index (Phi) is 1.74. The number of para-hydroxylation sites is 1. The standard InChI is InChI=1S/C9H6ClNO2/c10-11-5-7(9(12)13)6-3-1-2-4-8(6)11/h1-5H,(H,12,13). The Morgan fingerprint density at radius 1 is 1.38 bits per heavy atom. The minimum absolute atomic E-state index is 0.227. The van der Waals surface area contributed by atoms with Gasteiger partial charge in [0.25, 0.3) is 0 Å². The monoisotopic (exact) mass is 195 g/mol. The van der Waals surface area contributed by atoms with Crippen LogP contribution in [0.3, 0.4) is 0 Å². The lowest BCUT2D eigenvalue weighted by Gasteiger charge is -1.90. The third-order valence-corrected chi connectivity index (χ3v) is 2.18.